The molecular formula is C28H30F2N6O6. The van der Waals surface area contributed by atoms with Crippen LogP contribution in [-0.2, 0) is 0 Å². The monoisotopic (exact) mass is 584 g/mol. The minimum Gasteiger partial charge on any atom is -0.504 e. The Bertz CT molecular complexity index is 1530. The van der Waals surface area contributed by atoms with E-state index in [1.54, 1.807) is 27.1 Å². The Labute approximate surface area is 239 Å². The number of halogens is 2. The van der Waals surface area contributed by atoms with Gasteiger partial charge in [0.15, 0.2) is 11.5 Å². The number of nitrogens with one attached hydrogen (secondary N) is 2. The number of likely N-dealkylation sites (tertiary alicyclic amines) is 1. The van der Waals surface area contributed by atoms with Crippen molar-refractivity contribution < 1.29 is 38.1 Å². The maximum absolute atomic E-state index is 15.8. The number of phenols is 1. The smallest absolute Gasteiger partial charge is 0.407 e. The van der Waals surface area contributed by atoms with Gasteiger partial charge in [-0.1, -0.05) is 6.07 Å². The number of pyridine rings is 1. The predicted molar refractivity (Wildman–Crippen MR) is 149 cm³/mol. The van der Waals surface area contributed by atoms with Gasteiger partial charge in [-0.2, -0.15) is 13.8 Å². The summed E-state index contributed by atoms with van der Waals surface area (Å²) in [5.74, 6) is -5.26. The molecule has 0 spiro atoms. The molecule has 2 aromatic carbocycles. The summed E-state index contributed by atoms with van der Waals surface area (Å²) in [6.45, 7) is 1.84. The molecule has 3 aromatic rings. The molecule has 1 aliphatic heterocycles. The maximum atomic E-state index is 15.8. The van der Waals surface area contributed by atoms with E-state index in [0.29, 0.717) is 0 Å². The molecule has 2 amide bonds. The highest BCUT2D eigenvalue weighted by atomic mass is 19.1. The van der Waals surface area contributed by atoms with Crippen molar-refractivity contribution in [3.8, 4) is 29.0 Å². The van der Waals surface area contributed by atoms with Crippen molar-refractivity contribution in [3.63, 3.8) is 0 Å². The number of nitrogens with two attached hydrogens (primary N) is 1. The van der Waals surface area contributed by atoms with Gasteiger partial charge in [0, 0.05) is 43.9 Å². The lowest BCUT2D eigenvalue weighted by atomic mass is 9.98. The van der Waals surface area contributed by atoms with E-state index in [9.17, 15) is 19.8 Å². The van der Waals surface area contributed by atoms with Crippen molar-refractivity contribution in [2.75, 3.05) is 26.0 Å². The Morgan fingerprint density at radius 1 is 1.12 bits per heavy atom. The summed E-state index contributed by atoms with van der Waals surface area (Å²) in [7, 11) is 3.13. The zero-order valence-corrected chi connectivity index (χ0v) is 23.0. The van der Waals surface area contributed by atoms with Crippen LogP contribution in [0.3, 0.4) is 0 Å². The summed E-state index contributed by atoms with van der Waals surface area (Å²) in [6, 6.07) is 8.68. The molecule has 222 valence electrons. The molecule has 2 heterocycles. The van der Waals surface area contributed by atoms with Gasteiger partial charge in [0.25, 0.3) is 17.7 Å². The number of carbonyl (C=O) groups excluding carboxylic acids is 1. The number of aromatic nitrogens is 1. The van der Waals surface area contributed by atoms with Gasteiger partial charge in [-0.05, 0) is 56.2 Å². The van der Waals surface area contributed by atoms with Crippen LogP contribution in [0.25, 0.3) is 0 Å². The number of benzene rings is 2. The Morgan fingerprint density at radius 2 is 1.81 bits per heavy atom. The van der Waals surface area contributed by atoms with Crippen LogP contribution in [0.2, 0.25) is 0 Å². The van der Waals surface area contributed by atoms with Crippen LogP contribution in [0, 0.1) is 17.0 Å². The average molecular weight is 585 g/mol. The highest BCUT2D eigenvalue weighted by Crippen LogP contribution is 2.39. The fraction of sp³-hybridized carbons (Fsp3) is 0.286. The lowest BCUT2D eigenvalue weighted by molar-refractivity contribution is 0.0827. The number of aromatic hydroxyl groups is 1. The molecule has 1 aromatic heterocycles. The first-order valence-electron chi connectivity index (χ1n) is 12.9. The van der Waals surface area contributed by atoms with Crippen molar-refractivity contribution in [1.82, 2.24) is 14.8 Å². The van der Waals surface area contributed by atoms with Crippen LogP contribution in [0.1, 0.15) is 35.7 Å². The van der Waals surface area contributed by atoms with Crippen molar-refractivity contribution >= 4 is 23.5 Å². The van der Waals surface area contributed by atoms with Crippen molar-refractivity contribution in [2.24, 2.45) is 5.73 Å². The van der Waals surface area contributed by atoms with E-state index >= 15 is 8.78 Å². The van der Waals surface area contributed by atoms with E-state index in [1.165, 1.54) is 46.2 Å². The molecule has 12 nitrogen and oxygen atoms in total. The van der Waals surface area contributed by atoms with Gasteiger partial charge in [-0.3, -0.25) is 10.2 Å². The lowest BCUT2D eigenvalue weighted by Gasteiger charge is -2.36. The lowest BCUT2D eigenvalue weighted by Crippen LogP contribution is -2.47. The van der Waals surface area contributed by atoms with Gasteiger partial charge in [0.2, 0.25) is 11.6 Å². The minimum atomic E-state index is -1.24. The largest absolute Gasteiger partial charge is 0.504 e. The zero-order chi connectivity index (χ0) is 30.7. The second kappa shape index (κ2) is 12.2. The second-order valence-corrected chi connectivity index (χ2v) is 9.94. The molecular weight excluding hydrogens is 554 g/mol. The van der Waals surface area contributed by atoms with Gasteiger partial charge < -0.3 is 40.5 Å². The van der Waals surface area contributed by atoms with Gasteiger partial charge in [0.05, 0.1) is 0 Å². The first kappa shape index (κ1) is 29.8. The van der Waals surface area contributed by atoms with Gasteiger partial charge in [0.1, 0.15) is 17.3 Å². The third-order valence-electron chi connectivity index (χ3n) is 6.67. The van der Waals surface area contributed by atoms with Crippen LogP contribution in [-0.4, -0.2) is 75.6 Å². The van der Waals surface area contributed by atoms with Crippen molar-refractivity contribution in [1.29, 1.82) is 5.41 Å². The third kappa shape index (κ3) is 6.43. The number of anilines is 1. The fourth-order valence-electron chi connectivity index (χ4n) is 4.48. The van der Waals surface area contributed by atoms with Crippen LogP contribution in [0.5, 0.6) is 29.0 Å². The molecule has 0 saturated carbocycles. The normalized spacial score (nSPS) is 16.5. The Kier molecular flexibility index (Phi) is 8.64. The number of phenolic OH excluding ortho intramolecular Hbond substituents is 1. The molecule has 2 unspecified atom stereocenters. The zero-order valence-electron chi connectivity index (χ0n) is 23.0. The molecule has 1 fully saturated rings. The average Bonchev–Trinajstić information content (AvgIpc) is 2.94. The van der Waals surface area contributed by atoms with E-state index in [4.69, 9.17) is 20.6 Å². The number of piperidine rings is 1. The summed E-state index contributed by atoms with van der Waals surface area (Å²) in [6.07, 6.45) is -0.563. The summed E-state index contributed by atoms with van der Waals surface area (Å²) in [4.78, 5) is 30.3. The SMILES string of the molecule is CC1CC(Nc2c(F)c(Oc3cccc(C(=O)N(C)C)c3)nc(Oc3cc(C(=N)N)ccc3O)c2F)CCN1C(=O)O. The summed E-state index contributed by atoms with van der Waals surface area (Å²) >= 11 is 0. The molecule has 6 N–H and O–H groups in total. The quantitative estimate of drug-likeness (QED) is 0.188. The third-order valence-corrected chi connectivity index (χ3v) is 6.67. The van der Waals surface area contributed by atoms with E-state index < -0.39 is 53.0 Å². The molecule has 14 heteroatoms. The predicted octanol–water partition coefficient (Wildman–Crippen LogP) is 4.58. The number of nitrogens with zero attached hydrogens (tertiary/aromatic N) is 3. The maximum Gasteiger partial charge on any atom is 0.407 e. The van der Waals surface area contributed by atoms with Gasteiger partial charge in [-0.15, -0.1) is 0 Å². The van der Waals surface area contributed by atoms with Gasteiger partial charge >= 0.3 is 6.09 Å². The minimum absolute atomic E-state index is 0.0300. The molecule has 2 atom stereocenters. The second-order valence-electron chi connectivity index (χ2n) is 9.94. The Hall–Kier alpha value is -5.14. The molecule has 0 bridgehead atoms. The Morgan fingerprint density at radius 3 is 2.43 bits per heavy atom. The number of nitrogen functional groups attached to an aromatic ring is 1. The molecule has 42 heavy (non-hydrogen) atoms. The van der Waals surface area contributed by atoms with E-state index in [1.807, 2.05) is 0 Å². The fourth-order valence-corrected chi connectivity index (χ4v) is 4.48. The summed E-state index contributed by atoms with van der Waals surface area (Å²) in [5, 5.41) is 30.1. The summed E-state index contributed by atoms with van der Waals surface area (Å²) < 4.78 is 42.8. The van der Waals surface area contributed by atoms with Crippen LogP contribution < -0.4 is 20.5 Å². The highest BCUT2D eigenvalue weighted by molar-refractivity contribution is 5.95. The topological polar surface area (TPSA) is 174 Å². The number of carboxylic acid groups (broad SMARTS) is 1. The van der Waals surface area contributed by atoms with Crippen LogP contribution in [0.15, 0.2) is 42.5 Å². The number of amides is 2. The van der Waals surface area contributed by atoms with Crippen molar-refractivity contribution in [3.05, 3.63) is 65.2 Å². The van der Waals surface area contributed by atoms with Crippen LogP contribution in [0.4, 0.5) is 19.3 Å². The number of hydrogen-bond donors (Lipinski definition) is 5. The van der Waals surface area contributed by atoms with E-state index in [2.05, 4.69) is 10.3 Å². The molecule has 0 aliphatic carbocycles. The number of hydrogen-bond acceptors (Lipinski definition) is 8. The van der Waals surface area contributed by atoms with Gasteiger partial charge in [-0.25, -0.2) is 4.79 Å². The molecule has 0 radical (unpaired) electrons. The molecule has 1 saturated heterocycles. The number of amidine groups is 1. The van der Waals surface area contributed by atoms with E-state index in [0.717, 1.165) is 0 Å². The highest BCUT2D eigenvalue weighted by Gasteiger charge is 2.32. The number of carbonyl (C=O) groups is 2. The molecule has 1 aliphatic rings. The first-order valence-corrected chi connectivity index (χ1v) is 12.9. The number of rotatable bonds is 8. The summed E-state index contributed by atoms with van der Waals surface area (Å²) in [5.41, 5.74) is 5.29. The van der Waals surface area contributed by atoms with Crippen molar-refractivity contribution in [2.45, 2.75) is 31.8 Å². The standard InChI is InChI=1S/C28H30F2N6O6/c1-14-11-17(9-10-36(14)28(39)40)33-23-21(29)25(41-18-6-4-5-16(12-18)27(38)35(2)3)34-26(22(23)30)42-20-13-15(24(31)32)7-8-19(20)37/h4-8,12-14,17,37H,9-11H2,1-3H3,(H3,31,32)(H,33,34)(H,39,40). The van der Waals surface area contributed by atoms with E-state index in [-0.39, 0.29) is 53.8 Å². The van der Waals surface area contributed by atoms with Crippen LogP contribution >= 0.6 is 0 Å². The molecule has 4 rings (SSSR count). The first-order chi connectivity index (χ1) is 19.8. The Balaban J connectivity index is 1.74. The number of ether oxygens (including phenoxy) is 2.